The number of carbonyl (C=O) groups is 1. The zero-order chi connectivity index (χ0) is 13.7. The van der Waals surface area contributed by atoms with Crippen LogP contribution in [0.1, 0.15) is 38.5 Å². The molecule has 1 aromatic rings. The zero-order valence-corrected chi connectivity index (χ0v) is 11.5. The lowest BCUT2D eigenvalue weighted by molar-refractivity contribution is -0.122. The lowest BCUT2D eigenvalue weighted by Crippen LogP contribution is -2.38. The number of nitrogens with zero attached hydrogens (tertiary/aromatic N) is 2. The highest BCUT2D eigenvalue weighted by Crippen LogP contribution is 2.17. The second-order valence-corrected chi connectivity index (χ2v) is 5.32. The summed E-state index contributed by atoms with van der Waals surface area (Å²) in [5.74, 6) is -0.141. The second kappa shape index (κ2) is 6.70. The third-order valence-electron chi connectivity index (χ3n) is 3.38. The summed E-state index contributed by atoms with van der Waals surface area (Å²) < 4.78 is 1.26. The van der Waals surface area contributed by atoms with Gasteiger partial charge in [-0.05, 0) is 12.8 Å². The number of carbonyl (C=O) groups excluding carboxylic acids is 1. The molecule has 1 aliphatic carbocycles. The maximum atomic E-state index is 11.9. The van der Waals surface area contributed by atoms with Crippen LogP contribution in [0.15, 0.2) is 17.2 Å². The lowest BCUT2D eigenvalue weighted by Gasteiger charge is -2.16. The highest BCUT2D eigenvalue weighted by atomic mass is 35.5. The van der Waals surface area contributed by atoms with Crippen molar-refractivity contribution in [3.63, 3.8) is 0 Å². The molecule has 1 aromatic heterocycles. The molecule has 0 aromatic carbocycles. The van der Waals surface area contributed by atoms with Gasteiger partial charge in [-0.2, -0.15) is 0 Å². The molecule has 0 spiro atoms. The lowest BCUT2D eigenvalue weighted by atomic mass is 10.1. The van der Waals surface area contributed by atoms with Crippen molar-refractivity contribution < 1.29 is 4.79 Å². The number of hydrogen-bond acceptors (Lipinski definition) is 3. The van der Waals surface area contributed by atoms with Crippen LogP contribution in [-0.4, -0.2) is 21.5 Å². The molecule has 1 N–H and O–H groups in total. The molecule has 1 saturated carbocycles. The van der Waals surface area contributed by atoms with Crippen molar-refractivity contribution in [1.29, 1.82) is 0 Å². The molecule has 104 valence electrons. The molecular weight excluding hydrogens is 266 g/mol. The summed E-state index contributed by atoms with van der Waals surface area (Å²) >= 11 is 5.60. The SMILES string of the molecule is O=C(Cn1cnc(Cl)cc1=O)NC1CCCCCC1. The van der Waals surface area contributed by atoms with Gasteiger partial charge in [0.2, 0.25) is 5.91 Å². The summed E-state index contributed by atoms with van der Waals surface area (Å²) in [6.45, 7) is -0.000494. The van der Waals surface area contributed by atoms with Gasteiger partial charge < -0.3 is 5.32 Å². The third kappa shape index (κ3) is 4.35. The molecule has 0 bridgehead atoms. The highest BCUT2D eigenvalue weighted by Gasteiger charge is 2.15. The smallest absolute Gasteiger partial charge is 0.255 e. The molecule has 6 heteroatoms. The van der Waals surface area contributed by atoms with E-state index >= 15 is 0 Å². The van der Waals surface area contributed by atoms with Crippen LogP contribution >= 0.6 is 11.6 Å². The van der Waals surface area contributed by atoms with Crippen LogP contribution in [-0.2, 0) is 11.3 Å². The first-order chi connectivity index (χ1) is 9.15. The van der Waals surface area contributed by atoms with Gasteiger partial charge in [0.15, 0.2) is 0 Å². The molecular formula is C13H18ClN3O2. The summed E-state index contributed by atoms with van der Waals surface area (Å²) in [6, 6.07) is 1.45. The normalized spacial score (nSPS) is 16.9. The van der Waals surface area contributed by atoms with Gasteiger partial charge in [0.25, 0.3) is 5.56 Å². The van der Waals surface area contributed by atoms with Crippen LogP contribution in [0.5, 0.6) is 0 Å². The van der Waals surface area contributed by atoms with Gasteiger partial charge in [0, 0.05) is 12.1 Å². The van der Waals surface area contributed by atoms with Crippen LogP contribution in [0, 0.1) is 0 Å². The van der Waals surface area contributed by atoms with Crippen LogP contribution in [0.3, 0.4) is 0 Å². The van der Waals surface area contributed by atoms with Crippen LogP contribution < -0.4 is 10.9 Å². The van der Waals surface area contributed by atoms with Crippen molar-refractivity contribution in [2.24, 2.45) is 0 Å². The maximum Gasteiger partial charge on any atom is 0.255 e. The number of halogens is 1. The predicted octanol–water partition coefficient (Wildman–Crippen LogP) is 1.74. The van der Waals surface area contributed by atoms with E-state index in [0.717, 1.165) is 25.7 Å². The van der Waals surface area contributed by atoms with Gasteiger partial charge in [-0.1, -0.05) is 37.3 Å². The van der Waals surface area contributed by atoms with E-state index < -0.39 is 0 Å². The van der Waals surface area contributed by atoms with E-state index in [1.807, 2.05) is 0 Å². The monoisotopic (exact) mass is 283 g/mol. The average molecular weight is 284 g/mol. The van der Waals surface area contributed by atoms with E-state index in [4.69, 9.17) is 11.6 Å². The van der Waals surface area contributed by atoms with Crippen molar-refractivity contribution in [3.05, 3.63) is 27.9 Å². The zero-order valence-electron chi connectivity index (χ0n) is 10.8. The first-order valence-corrected chi connectivity index (χ1v) is 7.04. The average Bonchev–Trinajstić information content (AvgIpc) is 2.61. The Balaban J connectivity index is 1.91. The van der Waals surface area contributed by atoms with Gasteiger partial charge in [0.05, 0.1) is 6.33 Å². The van der Waals surface area contributed by atoms with Crippen LogP contribution in [0.2, 0.25) is 5.15 Å². The Morgan fingerprint density at radius 1 is 1.37 bits per heavy atom. The molecule has 2 rings (SSSR count). The predicted molar refractivity (Wildman–Crippen MR) is 73.1 cm³/mol. The number of amides is 1. The molecule has 0 unspecified atom stereocenters. The van der Waals surface area contributed by atoms with Gasteiger partial charge in [0.1, 0.15) is 11.7 Å². The molecule has 0 saturated heterocycles. The summed E-state index contributed by atoms with van der Waals surface area (Å²) in [7, 11) is 0. The van der Waals surface area contributed by atoms with Crippen molar-refractivity contribution in [3.8, 4) is 0 Å². The van der Waals surface area contributed by atoms with Crippen molar-refractivity contribution in [2.45, 2.75) is 51.1 Å². The van der Waals surface area contributed by atoms with Crippen LogP contribution in [0.4, 0.5) is 0 Å². The minimum Gasteiger partial charge on any atom is -0.352 e. The summed E-state index contributed by atoms with van der Waals surface area (Å²) in [5, 5.41) is 3.13. The molecule has 1 heterocycles. The molecule has 1 amide bonds. The molecule has 19 heavy (non-hydrogen) atoms. The fraction of sp³-hybridized carbons (Fsp3) is 0.615. The van der Waals surface area contributed by atoms with E-state index in [0.29, 0.717) is 0 Å². The van der Waals surface area contributed by atoms with Gasteiger partial charge in [-0.25, -0.2) is 4.98 Å². The summed E-state index contributed by atoms with van der Waals surface area (Å²) in [4.78, 5) is 27.3. The van der Waals surface area contributed by atoms with Crippen molar-refractivity contribution in [2.75, 3.05) is 0 Å². The van der Waals surface area contributed by atoms with Crippen LogP contribution in [0.25, 0.3) is 0 Å². The third-order valence-corrected chi connectivity index (χ3v) is 3.59. The van der Waals surface area contributed by atoms with Gasteiger partial charge in [-0.15, -0.1) is 0 Å². The largest absolute Gasteiger partial charge is 0.352 e. The molecule has 5 nitrogen and oxygen atoms in total. The maximum absolute atomic E-state index is 11.9. The van der Waals surface area contributed by atoms with Crippen molar-refractivity contribution in [1.82, 2.24) is 14.9 Å². The van der Waals surface area contributed by atoms with E-state index in [1.165, 1.54) is 29.8 Å². The van der Waals surface area contributed by atoms with E-state index in [1.54, 1.807) is 0 Å². The number of aromatic nitrogens is 2. The van der Waals surface area contributed by atoms with E-state index in [-0.39, 0.29) is 29.2 Å². The molecule has 0 radical (unpaired) electrons. The standard InChI is InChI=1S/C13H18ClN3O2/c14-11-7-13(19)17(9-15-11)8-12(18)16-10-5-3-1-2-4-6-10/h7,9-10H,1-6,8H2,(H,16,18). The first kappa shape index (κ1) is 14.1. The molecule has 0 atom stereocenters. The quantitative estimate of drug-likeness (QED) is 0.679. The Morgan fingerprint density at radius 3 is 2.68 bits per heavy atom. The number of nitrogens with one attached hydrogen (secondary N) is 1. The Hall–Kier alpha value is -1.36. The summed E-state index contributed by atoms with van der Waals surface area (Å²) in [5.41, 5.74) is -0.309. The minimum atomic E-state index is -0.309. The minimum absolute atomic E-state index is 0.000494. The fourth-order valence-corrected chi connectivity index (χ4v) is 2.51. The highest BCUT2D eigenvalue weighted by molar-refractivity contribution is 6.29. The van der Waals surface area contributed by atoms with E-state index in [2.05, 4.69) is 10.3 Å². The first-order valence-electron chi connectivity index (χ1n) is 6.66. The Kier molecular flexibility index (Phi) is 4.96. The molecule has 1 fully saturated rings. The van der Waals surface area contributed by atoms with E-state index in [9.17, 15) is 9.59 Å². The Morgan fingerprint density at radius 2 is 2.05 bits per heavy atom. The summed E-state index contributed by atoms with van der Waals surface area (Å²) in [6.07, 6.45) is 8.16. The second-order valence-electron chi connectivity index (χ2n) is 4.93. The van der Waals surface area contributed by atoms with Gasteiger partial charge in [-0.3, -0.25) is 14.2 Å². The molecule has 0 aliphatic heterocycles. The topological polar surface area (TPSA) is 64.0 Å². The fourth-order valence-electron chi connectivity index (χ4n) is 2.37. The van der Waals surface area contributed by atoms with Crippen molar-refractivity contribution >= 4 is 17.5 Å². The number of hydrogen-bond donors (Lipinski definition) is 1. The van der Waals surface area contributed by atoms with Gasteiger partial charge >= 0.3 is 0 Å². The number of rotatable bonds is 3. The Labute approximate surface area is 117 Å². The molecule has 1 aliphatic rings. The Bertz CT molecular complexity index is 493.